The summed E-state index contributed by atoms with van der Waals surface area (Å²) in [6, 6.07) is 13.4. The number of rotatable bonds is 4. The summed E-state index contributed by atoms with van der Waals surface area (Å²) in [4.78, 5) is 46.1. The lowest BCUT2D eigenvalue weighted by Crippen LogP contribution is -2.55. The number of amides is 2. The van der Waals surface area contributed by atoms with Gasteiger partial charge >= 0.3 is 0 Å². The number of aromatic nitrogens is 2. The predicted octanol–water partition coefficient (Wildman–Crippen LogP) is 2.18. The lowest BCUT2D eigenvalue weighted by atomic mass is 9.83. The fourth-order valence-electron chi connectivity index (χ4n) is 4.02. The smallest absolute Gasteiger partial charge is 0.261 e. The van der Waals surface area contributed by atoms with Gasteiger partial charge in [0.15, 0.2) is 0 Å². The summed E-state index contributed by atoms with van der Waals surface area (Å²) in [6.45, 7) is 5.27. The Hall–Kier alpha value is -3.55. The molecule has 7 nitrogen and oxygen atoms in total. The van der Waals surface area contributed by atoms with Crippen molar-refractivity contribution in [3.8, 4) is 0 Å². The lowest BCUT2D eigenvalue weighted by molar-refractivity contribution is -0.142. The first kappa shape index (κ1) is 21.7. The van der Waals surface area contributed by atoms with E-state index in [1.54, 1.807) is 9.80 Å². The Bertz CT molecular complexity index is 1210. The summed E-state index contributed by atoms with van der Waals surface area (Å²) in [6.07, 6.45) is 1.31. The maximum absolute atomic E-state index is 13.5. The Morgan fingerprint density at radius 1 is 1.00 bits per heavy atom. The lowest BCUT2D eigenvalue weighted by Gasteiger charge is -2.38. The molecule has 1 fully saturated rings. The molecule has 0 bridgehead atoms. The molecule has 0 aliphatic carbocycles. The van der Waals surface area contributed by atoms with Gasteiger partial charge in [-0.2, -0.15) is 0 Å². The van der Waals surface area contributed by atoms with Gasteiger partial charge in [-0.3, -0.25) is 19.0 Å². The van der Waals surface area contributed by atoms with E-state index < -0.39 is 16.8 Å². The van der Waals surface area contributed by atoms with Gasteiger partial charge in [-0.15, -0.1) is 0 Å². The second kappa shape index (κ2) is 8.53. The molecule has 0 radical (unpaired) electrons. The maximum atomic E-state index is 13.5. The van der Waals surface area contributed by atoms with E-state index >= 15 is 0 Å². The number of benzene rings is 2. The zero-order chi connectivity index (χ0) is 22.9. The minimum atomic E-state index is -0.660. The zero-order valence-corrected chi connectivity index (χ0v) is 18.1. The van der Waals surface area contributed by atoms with Gasteiger partial charge in [0.25, 0.3) is 5.56 Å². The number of carbonyl (C=O) groups excluding carboxylic acids is 2. The minimum absolute atomic E-state index is 0.0211. The molecule has 1 aliphatic rings. The molecule has 2 amide bonds. The number of fused-ring (bicyclic) bond motifs is 1. The molecule has 4 rings (SSSR count). The quantitative estimate of drug-likeness (QED) is 0.628. The highest BCUT2D eigenvalue weighted by Gasteiger charge is 2.35. The van der Waals surface area contributed by atoms with Crippen LogP contribution in [0, 0.1) is 5.82 Å². The highest BCUT2D eigenvalue weighted by molar-refractivity contribution is 5.87. The average Bonchev–Trinajstić information content (AvgIpc) is 2.81. The molecular weight excluding hydrogens is 411 g/mol. The van der Waals surface area contributed by atoms with Crippen LogP contribution in [0.3, 0.4) is 0 Å². The molecule has 0 spiro atoms. The summed E-state index contributed by atoms with van der Waals surface area (Å²) in [7, 11) is 0. The molecule has 1 aliphatic heterocycles. The second-order valence-electron chi connectivity index (χ2n) is 8.50. The fraction of sp³-hybridized carbons (Fsp3) is 0.333. The zero-order valence-electron chi connectivity index (χ0n) is 18.1. The molecule has 3 aromatic rings. The van der Waals surface area contributed by atoms with Gasteiger partial charge in [-0.1, -0.05) is 30.3 Å². The van der Waals surface area contributed by atoms with Gasteiger partial charge in [0.2, 0.25) is 11.8 Å². The van der Waals surface area contributed by atoms with Crippen molar-refractivity contribution in [2.24, 2.45) is 0 Å². The van der Waals surface area contributed by atoms with Gasteiger partial charge in [0.1, 0.15) is 12.4 Å². The van der Waals surface area contributed by atoms with Crippen LogP contribution in [-0.4, -0.2) is 57.3 Å². The maximum Gasteiger partial charge on any atom is 0.261 e. The average molecular weight is 436 g/mol. The molecule has 0 saturated carbocycles. The molecule has 1 saturated heterocycles. The van der Waals surface area contributed by atoms with Gasteiger partial charge in [0, 0.05) is 26.2 Å². The largest absolute Gasteiger partial charge is 0.338 e. The molecule has 8 heteroatoms. The molecule has 166 valence electrons. The summed E-state index contributed by atoms with van der Waals surface area (Å²) < 4.78 is 14.7. The normalized spacial score (nSPS) is 14.6. The highest BCUT2D eigenvalue weighted by atomic mass is 19.1. The third-order valence-corrected chi connectivity index (χ3v) is 6.04. The van der Waals surface area contributed by atoms with Gasteiger partial charge in [-0.25, -0.2) is 9.37 Å². The fourth-order valence-corrected chi connectivity index (χ4v) is 4.02. The van der Waals surface area contributed by atoms with Crippen LogP contribution in [0.2, 0.25) is 0 Å². The van der Waals surface area contributed by atoms with Crippen LogP contribution in [0.15, 0.2) is 59.7 Å². The first-order valence-electron chi connectivity index (χ1n) is 10.5. The third kappa shape index (κ3) is 4.12. The SMILES string of the molecule is CC(C)(C(=O)N1CCN(C(=O)Cn2cnc3ccc(F)cc3c2=O)CC1)c1ccccc1. The van der Waals surface area contributed by atoms with Crippen molar-refractivity contribution >= 4 is 22.7 Å². The van der Waals surface area contributed by atoms with Crippen LogP contribution in [-0.2, 0) is 21.5 Å². The molecule has 0 atom stereocenters. The number of halogens is 1. The van der Waals surface area contributed by atoms with Crippen LogP contribution in [0.4, 0.5) is 4.39 Å². The monoisotopic (exact) mass is 436 g/mol. The Labute approximate surface area is 185 Å². The standard InChI is InChI=1S/C24H25FN4O3/c1-24(2,17-6-4-3-5-7-17)23(32)28-12-10-27(11-13-28)21(30)15-29-16-26-20-9-8-18(25)14-19(20)22(29)31/h3-9,14,16H,10-13,15H2,1-2H3. The topological polar surface area (TPSA) is 75.5 Å². The molecule has 0 N–H and O–H groups in total. The van der Waals surface area contributed by atoms with Gasteiger partial charge in [0.05, 0.1) is 22.6 Å². The van der Waals surface area contributed by atoms with Crippen LogP contribution >= 0.6 is 0 Å². The Morgan fingerprint density at radius 2 is 1.66 bits per heavy atom. The van der Waals surface area contributed by atoms with Crippen molar-refractivity contribution in [2.75, 3.05) is 26.2 Å². The van der Waals surface area contributed by atoms with Gasteiger partial charge < -0.3 is 9.80 Å². The van der Waals surface area contributed by atoms with E-state index in [2.05, 4.69) is 4.98 Å². The summed E-state index contributed by atoms with van der Waals surface area (Å²) in [5, 5.41) is 0.138. The number of carbonyl (C=O) groups is 2. The number of hydrogen-bond donors (Lipinski definition) is 0. The number of piperazine rings is 1. The molecular formula is C24H25FN4O3. The van der Waals surface area contributed by atoms with Crippen LogP contribution < -0.4 is 5.56 Å². The molecule has 2 heterocycles. The van der Waals surface area contributed by atoms with Crippen molar-refractivity contribution in [2.45, 2.75) is 25.8 Å². The van der Waals surface area contributed by atoms with Crippen molar-refractivity contribution < 1.29 is 14.0 Å². The van der Waals surface area contributed by atoms with Crippen LogP contribution in [0.1, 0.15) is 19.4 Å². The van der Waals surface area contributed by atoms with Crippen molar-refractivity contribution in [3.63, 3.8) is 0 Å². The molecule has 32 heavy (non-hydrogen) atoms. The molecule has 2 aromatic carbocycles. The number of hydrogen-bond acceptors (Lipinski definition) is 4. The van der Waals surface area contributed by atoms with E-state index in [0.717, 1.165) is 11.6 Å². The third-order valence-electron chi connectivity index (χ3n) is 6.04. The van der Waals surface area contributed by atoms with Crippen molar-refractivity contribution in [1.29, 1.82) is 0 Å². The van der Waals surface area contributed by atoms with E-state index in [9.17, 15) is 18.8 Å². The van der Waals surface area contributed by atoms with Crippen molar-refractivity contribution in [3.05, 3.63) is 76.6 Å². The Balaban J connectivity index is 1.41. The van der Waals surface area contributed by atoms with Crippen molar-refractivity contribution in [1.82, 2.24) is 19.4 Å². The summed E-state index contributed by atoms with van der Waals surface area (Å²) >= 11 is 0. The highest BCUT2D eigenvalue weighted by Crippen LogP contribution is 2.26. The van der Waals surface area contributed by atoms with Gasteiger partial charge in [-0.05, 0) is 37.6 Å². The first-order chi connectivity index (χ1) is 15.3. The summed E-state index contributed by atoms with van der Waals surface area (Å²) in [5.41, 5.74) is 0.213. The minimum Gasteiger partial charge on any atom is -0.338 e. The predicted molar refractivity (Wildman–Crippen MR) is 119 cm³/mol. The Kier molecular flexibility index (Phi) is 5.78. The van der Waals surface area contributed by atoms with E-state index in [1.165, 1.54) is 23.0 Å². The second-order valence-corrected chi connectivity index (χ2v) is 8.50. The first-order valence-corrected chi connectivity index (χ1v) is 10.5. The van der Waals surface area contributed by atoms with Crippen LogP contribution in [0.5, 0.6) is 0 Å². The van der Waals surface area contributed by atoms with E-state index in [1.807, 2.05) is 44.2 Å². The van der Waals surface area contributed by atoms with E-state index in [0.29, 0.717) is 31.7 Å². The molecule has 1 aromatic heterocycles. The summed E-state index contributed by atoms with van der Waals surface area (Å²) in [5.74, 6) is -0.744. The number of nitrogens with zero attached hydrogens (tertiary/aromatic N) is 4. The Morgan fingerprint density at radius 3 is 2.34 bits per heavy atom. The van der Waals surface area contributed by atoms with E-state index in [4.69, 9.17) is 0 Å². The van der Waals surface area contributed by atoms with E-state index in [-0.39, 0.29) is 23.7 Å². The molecule has 0 unspecified atom stereocenters. The van der Waals surface area contributed by atoms with Crippen LogP contribution in [0.25, 0.3) is 10.9 Å².